The number of halogens is 7. The van der Waals surface area contributed by atoms with E-state index in [0.717, 1.165) is 155 Å². The van der Waals surface area contributed by atoms with Gasteiger partial charge in [-0.1, -0.05) is 177 Å². The first-order valence-corrected chi connectivity index (χ1v) is 49.6. The summed E-state index contributed by atoms with van der Waals surface area (Å²) in [7, 11) is 4.99. The summed E-state index contributed by atoms with van der Waals surface area (Å²) in [5.41, 5.74) is 17.9. The van der Waals surface area contributed by atoms with Crippen LogP contribution in [-0.2, 0) is 51.9 Å². The molecule has 9 heterocycles. The van der Waals surface area contributed by atoms with Crippen molar-refractivity contribution < 1.29 is 51.2 Å². The number of fused-ring (bicyclic) bond motifs is 12. The van der Waals surface area contributed by atoms with Crippen molar-refractivity contribution in [2.45, 2.75) is 160 Å². The number of hydrogen-bond acceptors (Lipinski definition) is 13. The number of carbonyl (C=O) groups excluding carboxylic acids is 3. The number of amides is 3. The van der Waals surface area contributed by atoms with E-state index in [1.54, 1.807) is 51.6 Å². The minimum absolute atomic E-state index is 0.0364. The largest absolute Gasteiger partial charge is 0.497 e. The second-order valence-electron chi connectivity index (χ2n) is 36.0. The number of carbonyl (C=O) groups is 3. The van der Waals surface area contributed by atoms with Gasteiger partial charge in [-0.2, -0.15) is 13.2 Å². The third-order valence-corrected chi connectivity index (χ3v) is 29.3. The summed E-state index contributed by atoms with van der Waals surface area (Å²) in [4.78, 5) is 74.0. The fourth-order valence-corrected chi connectivity index (χ4v) is 22.3. The molecule has 7 unspecified atom stereocenters. The second kappa shape index (κ2) is 43.0. The van der Waals surface area contributed by atoms with E-state index in [4.69, 9.17) is 87.3 Å². The van der Waals surface area contributed by atoms with Gasteiger partial charge in [-0.3, -0.25) is 24.9 Å². The second-order valence-corrected chi connectivity index (χ2v) is 39.1. The highest BCUT2D eigenvalue weighted by Gasteiger charge is 2.43. The molecule has 4 aliphatic heterocycles. The third kappa shape index (κ3) is 21.8. The molecule has 7 atom stereocenters. The number of alkyl halides is 3. The Hall–Kier alpha value is -11.9. The molecule has 3 amide bonds. The number of amidine groups is 1. The van der Waals surface area contributed by atoms with Crippen molar-refractivity contribution in [1.29, 1.82) is 0 Å². The van der Waals surface area contributed by atoms with E-state index in [9.17, 15) is 27.6 Å². The zero-order chi connectivity index (χ0) is 95.9. The van der Waals surface area contributed by atoms with Crippen LogP contribution in [0, 0.1) is 17.8 Å². The van der Waals surface area contributed by atoms with Gasteiger partial charge in [0.15, 0.2) is 10.3 Å². The molecule has 5 aromatic heterocycles. The molecule has 137 heavy (non-hydrogen) atoms. The molecule has 2 saturated carbocycles. The summed E-state index contributed by atoms with van der Waals surface area (Å²) >= 11 is 32.8. The summed E-state index contributed by atoms with van der Waals surface area (Å²) in [6.45, 7) is 12.8. The SMILES string of the molecule is CCOC(=O)N1CCc2c([nH]c3ccc(Cl)cc23)C1c1cnc(NC(C)=O)nc1.COc1ccc(C2c3[nH]c4ccc(Cl)cc4c3CCN2C(=NC2CCCCC2)SCc2ccccc2)cc1.COc1ccc(C2c3[nH]c4ccc(Cl)cc4c3CCN2C(=O)OC2CC(C)CCC2C(C)C)cc1.COc1ccc(C2c3[nH]c4ccc(Cl)cc4c3CCN2C(=S)Nc2cccc(C(F)(F)F)c2)cc1. The van der Waals surface area contributed by atoms with Crippen molar-refractivity contribution in [1.82, 2.24) is 49.5 Å². The van der Waals surface area contributed by atoms with Crippen molar-refractivity contribution in [2.24, 2.45) is 22.7 Å². The van der Waals surface area contributed by atoms with Crippen molar-refractivity contribution in [3.8, 4) is 17.2 Å². The molecular weight excluding hydrogens is 1860 g/mol. The number of anilines is 2. The van der Waals surface area contributed by atoms with Crippen molar-refractivity contribution in [3.05, 3.63) is 311 Å². The molecule has 0 spiro atoms. The number of H-pyrrole nitrogens is 4. The van der Waals surface area contributed by atoms with Crippen LogP contribution < -0.4 is 24.8 Å². The molecule has 20 rings (SSSR count). The first kappa shape index (κ1) is 96.8. The van der Waals surface area contributed by atoms with Crippen LogP contribution in [0.4, 0.5) is 34.4 Å². The predicted molar refractivity (Wildman–Crippen MR) is 546 cm³/mol. The average Bonchev–Trinajstić information content (AvgIpc) is 1.62. The lowest BCUT2D eigenvalue weighted by atomic mass is 9.75. The lowest BCUT2D eigenvalue weighted by Gasteiger charge is -2.40. The highest BCUT2D eigenvalue weighted by Crippen LogP contribution is 2.48. The first-order valence-electron chi connectivity index (χ1n) is 46.6. The van der Waals surface area contributed by atoms with E-state index in [1.165, 1.54) is 84.8 Å². The molecule has 0 bridgehead atoms. The fourth-order valence-electron chi connectivity index (χ4n) is 20.2. The molecule has 0 radical (unpaired) electrons. The summed E-state index contributed by atoms with van der Waals surface area (Å²) < 4.78 is 67.4. The predicted octanol–water partition coefficient (Wildman–Crippen LogP) is 26.6. The monoisotopic (exact) mass is 1970 g/mol. The third-order valence-electron chi connectivity index (χ3n) is 26.9. The number of thioether (sulfide) groups is 1. The van der Waals surface area contributed by atoms with Gasteiger partial charge in [0.25, 0.3) is 0 Å². The number of aliphatic imine (C=N–C) groups is 1. The Bertz CT molecular complexity index is 6690. The zero-order valence-corrected chi connectivity index (χ0v) is 82.1. The molecule has 2 fully saturated rings. The number of benzene rings is 9. The maximum Gasteiger partial charge on any atom is 0.416 e. The van der Waals surface area contributed by atoms with E-state index in [-0.39, 0.29) is 54.5 Å². The van der Waals surface area contributed by atoms with Gasteiger partial charge in [0.05, 0.1) is 51.6 Å². The molecule has 6 N–H and O–H groups in total. The standard InChI is InChI=1S/C32H34ClN3OS.C29H35ClN2O3.C26H21ClF3N3OS.C20H20ClN5O3/c1-37-26-15-12-23(13-16-26)31-30-27(28-20-24(33)14-17-29(28)35-30)18-19-36(31)32(34-25-10-6-3-7-11-25)38-21-22-8-4-2-5-9-22;1-17(2)22-11-5-18(3)15-26(22)35-29(33)32-14-13-23-24-16-20(30)8-12-25(24)31-27(23)28(32)19-6-9-21(34-4)10-7-19;1-34-19-8-5-15(6-9-19)24-23-20(21-14-17(27)7-10-22(21)32-23)11-12-33(24)25(35)31-18-4-2-3-16(13-18)26(28,29)30;1-3-29-20(28)26-7-6-14-15-8-13(21)4-5-16(15)25-17(14)18(26)12-9-22-19(23-10-12)24-11(2)27/h2,4-5,8-9,12-17,20,25,31,35H,3,6-7,10-11,18-19,21H2,1H3;6-10,12,16-18,22,26,28,31H,5,11,13-15H2,1-4H3;2-10,13-14,24,32H,11-12H2,1H3,(H,31,35);4-5,8-10,18,25H,3,6-7H2,1-2H3,(H,22,23,24,27). The Balaban J connectivity index is 0.000000127. The van der Waals surface area contributed by atoms with Crippen LogP contribution in [-0.4, -0.2) is 144 Å². The minimum Gasteiger partial charge on any atom is -0.497 e. The highest BCUT2D eigenvalue weighted by atomic mass is 35.5. The van der Waals surface area contributed by atoms with Crippen molar-refractivity contribution in [2.75, 3.05) is 64.7 Å². The maximum absolute atomic E-state index is 13.8. The molecule has 21 nitrogen and oxygen atoms in total. The molecule has 30 heteroatoms. The van der Waals surface area contributed by atoms with Gasteiger partial charge in [-0.15, -0.1) is 0 Å². The zero-order valence-electron chi connectivity index (χ0n) is 77.5. The summed E-state index contributed by atoms with van der Waals surface area (Å²) in [6.07, 6.45) is 10.7. The van der Waals surface area contributed by atoms with Crippen LogP contribution in [0.2, 0.25) is 20.1 Å². The van der Waals surface area contributed by atoms with Crippen LogP contribution >= 0.6 is 70.4 Å². The van der Waals surface area contributed by atoms with Gasteiger partial charge in [-0.05, 0) is 260 Å². The molecule has 0 saturated heterocycles. The van der Waals surface area contributed by atoms with Crippen molar-refractivity contribution >= 4 is 154 Å². The van der Waals surface area contributed by atoms with Crippen LogP contribution in [0.25, 0.3) is 43.6 Å². The van der Waals surface area contributed by atoms with Crippen LogP contribution in [0.5, 0.6) is 17.2 Å². The van der Waals surface area contributed by atoms with E-state index in [1.807, 2.05) is 131 Å². The highest BCUT2D eigenvalue weighted by molar-refractivity contribution is 8.13. The Morgan fingerprint density at radius 2 is 0.949 bits per heavy atom. The van der Waals surface area contributed by atoms with Crippen LogP contribution in [0.3, 0.4) is 0 Å². The molecule has 2 aliphatic carbocycles. The molecular formula is C107H110Cl4F3N13O8S2. The summed E-state index contributed by atoms with van der Waals surface area (Å²) in [6, 6.07) is 63.0. The average molecular weight is 1970 g/mol. The lowest BCUT2D eigenvalue weighted by molar-refractivity contribution is -0.137. The number of thiocarbonyl (C=S) groups is 1. The van der Waals surface area contributed by atoms with E-state index < -0.39 is 23.9 Å². The first-order chi connectivity index (χ1) is 66.3. The van der Waals surface area contributed by atoms with Crippen LogP contribution in [0.1, 0.15) is 189 Å². The number of rotatable bonds is 15. The topological polar surface area (TPSA) is 236 Å². The number of aromatic nitrogens is 6. The quantitative estimate of drug-likeness (QED) is 0.0318. The van der Waals surface area contributed by atoms with Gasteiger partial charge >= 0.3 is 18.4 Å². The lowest BCUT2D eigenvalue weighted by Crippen LogP contribution is -2.44. The number of ether oxygens (including phenoxy) is 5. The minimum atomic E-state index is -4.43. The van der Waals surface area contributed by atoms with Crippen molar-refractivity contribution in [3.63, 3.8) is 0 Å². The maximum atomic E-state index is 13.8. The Labute approximate surface area is 824 Å². The normalized spacial score (nSPS) is 18.7. The molecule has 14 aromatic rings. The van der Waals surface area contributed by atoms with Gasteiger partial charge in [-0.25, -0.2) is 19.6 Å². The van der Waals surface area contributed by atoms with E-state index in [0.29, 0.717) is 82.0 Å². The number of nitrogens with one attached hydrogen (secondary N) is 6. The summed E-state index contributed by atoms with van der Waals surface area (Å²) in [5.74, 6) is 4.73. The van der Waals surface area contributed by atoms with Gasteiger partial charge in [0.2, 0.25) is 11.9 Å². The number of aromatic amines is 4. The number of nitrogens with zero attached hydrogens (tertiary/aromatic N) is 7. The Morgan fingerprint density at radius 1 is 0.518 bits per heavy atom. The molecule has 712 valence electrons. The number of methoxy groups -OCH3 is 3. The van der Waals surface area contributed by atoms with Gasteiger partial charge in [0.1, 0.15) is 35.4 Å². The number of hydrogen-bond donors (Lipinski definition) is 6. The summed E-state index contributed by atoms with van der Waals surface area (Å²) in [5, 5.41) is 14.3. The Morgan fingerprint density at radius 3 is 1.39 bits per heavy atom. The molecule has 6 aliphatic rings. The smallest absolute Gasteiger partial charge is 0.416 e. The van der Waals surface area contributed by atoms with E-state index in [2.05, 4.69) is 133 Å². The van der Waals surface area contributed by atoms with E-state index >= 15 is 0 Å². The van der Waals surface area contributed by atoms with Gasteiger partial charge < -0.3 is 58.7 Å². The van der Waals surface area contributed by atoms with Gasteiger partial charge in [0, 0.05) is 149 Å². The fraction of sp³-hybridized carbons (Fsp3) is 0.336. The molecule has 9 aromatic carbocycles. The Kier molecular flexibility index (Phi) is 30.4. The van der Waals surface area contributed by atoms with Crippen LogP contribution in [0.15, 0.2) is 218 Å².